The molecule has 25 heavy (non-hydrogen) atoms. The lowest BCUT2D eigenvalue weighted by Crippen LogP contribution is -2.45. The van der Waals surface area contributed by atoms with E-state index in [0.29, 0.717) is 18.5 Å². The maximum atomic E-state index is 12.9. The molecule has 1 fully saturated rings. The van der Waals surface area contributed by atoms with Gasteiger partial charge in [-0.25, -0.2) is 23.2 Å². The SMILES string of the molecule is O=C(NNC1CCS(=O)(=O)C1)c1cccc(Cc2ccc(F)cc2)n1. The van der Waals surface area contributed by atoms with Crippen molar-refractivity contribution >= 4 is 15.7 Å². The first kappa shape index (κ1) is 17.5. The van der Waals surface area contributed by atoms with Crippen LogP contribution in [0.1, 0.15) is 28.2 Å². The minimum absolute atomic E-state index is 0.0192. The van der Waals surface area contributed by atoms with Gasteiger partial charge in [0.2, 0.25) is 0 Å². The number of carbonyl (C=O) groups is 1. The summed E-state index contributed by atoms with van der Waals surface area (Å²) >= 11 is 0. The van der Waals surface area contributed by atoms with Crippen molar-refractivity contribution < 1.29 is 17.6 Å². The molecule has 3 rings (SSSR count). The van der Waals surface area contributed by atoms with Gasteiger partial charge in [0.05, 0.1) is 11.5 Å². The Morgan fingerprint density at radius 2 is 1.96 bits per heavy atom. The van der Waals surface area contributed by atoms with Gasteiger partial charge in [-0.15, -0.1) is 0 Å². The van der Waals surface area contributed by atoms with Gasteiger partial charge in [-0.1, -0.05) is 18.2 Å². The van der Waals surface area contributed by atoms with Crippen molar-refractivity contribution in [3.8, 4) is 0 Å². The van der Waals surface area contributed by atoms with E-state index >= 15 is 0 Å². The Morgan fingerprint density at radius 1 is 1.20 bits per heavy atom. The second-order valence-electron chi connectivity index (χ2n) is 6.02. The highest BCUT2D eigenvalue weighted by Gasteiger charge is 2.28. The summed E-state index contributed by atoms with van der Waals surface area (Å²) in [6.07, 6.45) is 0.955. The number of hydrazine groups is 1. The number of aromatic nitrogens is 1. The standard InChI is InChI=1S/C17H18FN3O3S/c18-13-6-4-12(5-7-13)10-14-2-1-3-16(19-14)17(22)21-20-15-8-9-25(23,24)11-15/h1-7,15,20H,8-11H2,(H,21,22). The number of hydrogen-bond acceptors (Lipinski definition) is 5. The summed E-state index contributed by atoms with van der Waals surface area (Å²) in [5.41, 5.74) is 7.06. The average molecular weight is 363 g/mol. The molecule has 0 spiro atoms. The highest BCUT2D eigenvalue weighted by atomic mass is 32.2. The molecule has 0 aliphatic carbocycles. The molecule has 6 nitrogen and oxygen atoms in total. The van der Waals surface area contributed by atoms with E-state index < -0.39 is 15.7 Å². The van der Waals surface area contributed by atoms with Crippen molar-refractivity contribution in [2.75, 3.05) is 11.5 Å². The molecule has 2 heterocycles. The lowest BCUT2D eigenvalue weighted by molar-refractivity contribution is 0.0921. The number of benzene rings is 1. The number of pyridine rings is 1. The van der Waals surface area contributed by atoms with Crippen molar-refractivity contribution in [1.29, 1.82) is 0 Å². The summed E-state index contributed by atoms with van der Waals surface area (Å²) in [4.78, 5) is 16.5. The van der Waals surface area contributed by atoms with Crippen LogP contribution in [-0.4, -0.2) is 36.9 Å². The van der Waals surface area contributed by atoms with Gasteiger partial charge in [0, 0.05) is 18.2 Å². The molecule has 1 atom stereocenters. The van der Waals surface area contributed by atoms with Gasteiger partial charge in [0.1, 0.15) is 11.5 Å². The molecule has 0 saturated carbocycles. The second-order valence-corrected chi connectivity index (χ2v) is 8.24. The maximum absolute atomic E-state index is 12.9. The fourth-order valence-corrected chi connectivity index (χ4v) is 4.33. The molecule has 0 radical (unpaired) electrons. The first-order chi connectivity index (χ1) is 11.9. The Labute approximate surface area is 145 Å². The predicted octanol–water partition coefficient (Wildman–Crippen LogP) is 1.23. The summed E-state index contributed by atoms with van der Waals surface area (Å²) in [6.45, 7) is 0. The molecule has 2 N–H and O–H groups in total. The van der Waals surface area contributed by atoms with Crippen LogP contribution in [-0.2, 0) is 16.3 Å². The van der Waals surface area contributed by atoms with Crippen LogP contribution in [0.15, 0.2) is 42.5 Å². The minimum Gasteiger partial charge on any atom is -0.286 e. The molecular weight excluding hydrogens is 345 g/mol. The highest BCUT2D eigenvalue weighted by Crippen LogP contribution is 2.11. The smallest absolute Gasteiger partial charge is 0.283 e. The van der Waals surface area contributed by atoms with E-state index in [1.807, 2.05) is 0 Å². The van der Waals surface area contributed by atoms with Crippen LogP contribution >= 0.6 is 0 Å². The largest absolute Gasteiger partial charge is 0.286 e. The van der Waals surface area contributed by atoms with Crippen LogP contribution in [0, 0.1) is 5.82 Å². The van der Waals surface area contributed by atoms with Crippen molar-refractivity contribution in [1.82, 2.24) is 15.8 Å². The summed E-state index contributed by atoms with van der Waals surface area (Å²) < 4.78 is 35.8. The number of amides is 1. The van der Waals surface area contributed by atoms with E-state index in [-0.39, 0.29) is 29.1 Å². The van der Waals surface area contributed by atoms with Crippen LogP contribution in [0.25, 0.3) is 0 Å². The van der Waals surface area contributed by atoms with Gasteiger partial charge in [0.15, 0.2) is 9.84 Å². The molecule has 2 aromatic rings. The van der Waals surface area contributed by atoms with Crippen molar-refractivity contribution in [2.45, 2.75) is 18.9 Å². The topological polar surface area (TPSA) is 88.2 Å². The monoisotopic (exact) mass is 363 g/mol. The molecular formula is C17H18FN3O3S. The lowest BCUT2D eigenvalue weighted by atomic mass is 10.1. The molecule has 1 amide bonds. The minimum atomic E-state index is -3.01. The molecule has 1 unspecified atom stereocenters. The van der Waals surface area contributed by atoms with Crippen LogP contribution in [0.3, 0.4) is 0 Å². The van der Waals surface area contributed by atoms with Crippen LogP contribution < -0.4 is 10.9 Å². The van der Waals surface area contributed by atoms with Crippen molar-refractivity contribution in [3.63, 3.8) is 0 Å². The zero-order chi connectivity index (χ0) is 17.9. The number of halogens is 1. The lowest BCUT2D eigenvalue weighted by Gasteiger charge is -2.12. The van der Waals surface area contributed by atoms with E-state index in [1.165, 1.54) is 12.1 Å². The Balaban J connectivity index is 1.60. The molecule has 1 aromatic carbocycles. The number of nitrogens with zero attached hydrogens (tertiary/aromatic N) is 1. The number of nitrogens with one attached hydrogen (secondary N) is 2. The van der Waals surface area contributed by atoms with Crippen molar-refractivity contribution in [3.05, 3.63) is 65.2 Å². The zero-order valence-electron chi connectivity index (χ0n) is 13.4. The second kappa shape index (κ2) is 7.28. The molecule has 132 valence electrons. The molecule has 1 aliphatic heterocycles. The fraction of sp³-hybridized carbons (Fsp3) is 0.294. The Hall–Kier alpha value is -2.32. The summed E-state index contributed by atoms with van der Waals surface area (Å²) in [5, 5.41) is 0. The van der Waals surface area contributed by atoms with Crippen molar-refractivity contribution in [2.24, 2.45) is 0 Å². The predicted molar refractivity (Wildman–Crippen MR) is 91.1 cm³/mol. The Morgan fingerprint density at radius 3 is 2.64 bits per heavy atom. The Bertz CT molecular complexity index is 869. The van der Waals surface area contributed by atoms with E-state index in [2.05, 4.69) is 15.8 Å². The van der Waals surface area contributed by atoms with Gasteiger partial charge < -0.3 is 0 Å². The molecule has 8 heteroatoms. The van der Waals surface area contributed by atoms with Crippen LogP contribution in [0.4, 0.5) is 4.39 Å². The van der Waals surface area contributed by atoms with Gasteiger partial charge in [-0.2, -0.15) is 0 Å². The highest BCUT2D eigenvalue weighted by molar-refractivity contribution is 7.91. The van der Waals surface area contributed by atoms with E-state index in [4.69, 9.17) is 0 Å². The molecule has 1 aliphatic rings. The van der Waals surface area contributed by atoms with E-state index in [1.54, 1.807) is 30.3 Å². The number of sulfone groups is 1. The first-order valence-corrected chi connectivity index (χ1v) is 9.70. The average Bonchev–Trinajstić information content (AvgIpc) is 2.94. The maximum Gasteiger partial charge on any atom is 0.283 e. The van der Waals surface area contributed by atoms with Gasteiger partial charge in [-0.3, -0.25) is 10.2 Å². The quantitative estimate of drug-likeness (QED) is 0.780. The first-order valence-electron chi connectivity index (χ1n) is 7.88. The van der Waals surface area contributed by atoms with Gasteiger partial charge in [0.25, 0.3) is 5.91 Å². The van der Waals surface area contributed by atoms with Crippen LogP contribution in [0.2, 0.25) is 0 Å². The normalized spacial score (nSPS) is 18.8. The third kappa shape index (κ3) is 4.83. The molecule has 1 aromatic heterocycles. The summed E-state index contributed by atoms with van der Waals surface area (Å²) in [6, 6.07) is 10.9. The molecule has 0 bridgehead atoms. The number of carbonyl (C=O) groups excluding carboxylic acids is 1. The van der Waals surface area contributed by atoms with Crippen LogP contribution in [0.5, 0.6) is 0 Å². The Kier molecular flexibility index (Phi) is 5.10. The van der Waals surface area contributed by atoms with Gasteiger partial charge in [-0.05, 0) is 36.2 Å². The zero-order valence-corrected chi connectivity index (χ0v) is 14.2. The van der Waals surface area contributed by atoms with E-state index in [0.717, 1.165) is 5.56 Å². The third-order valence-electron chi connectivity index (χ3n) is 3.96. The molecule has 1 saturated heterocycles. The summed E-state index contributed by atoms with van der Waals surface area (Å²) in [7, 11) is -3.01. The third-order valence-corrected chi connectivity index (χ3v) is 5.73. The number of rotatable bonds is 5. The fourth-order valence-electron chi connectivity index (χ4n) is 2.66. The number of hydrogen-bond donors (Lipinski definition) is 2. The summed E-state index contributed by atoms with van der Waals surface area (Å²) in [5.74, 6) is -0.577. The van der Waals surface area contributed by atoms with E-state index in [9.17, 15) is 17.6 Å². The van der Waals surface area contributed by atoms with Gasteiger partial charge >= 0.3 is 0 Å².